The van der Waals surface area contributed by atoms with Crippen molar-refractivity contribution < 1.29 is 13.9 Å². The predicted octanol–water partition coefficient (Wildman–Crippen LogP) is 2.00. The van der Waals surface area contributed by atoms with Gasteiger partial charge in [0.2, 0.25) is 5.95 Å². The van der Waals surface area contributed by atoms with Gasteiger partial charge >= 0.3 is 0 Å². The summed E-state index contributed by atoms with van der Waals surface area (Å²) in [6, 6.07) is 7.69. The number of H-pyrrole nitrogens is 1. The first-order valence-electron chi connectivity index (χ1n) is 9.45. The fraction of sp³-hybridized carbons (Fsp3) is 0.300. The third kappa shape index (κ3) is 3.44. The number of ether oxygens (including phenoxy) is 1. The van der Waals surface area contributed by atoms with Crippen LogP contribution in [0.15, 0.2) is 36.5 Å². The van der Waals surface area contributed by atoms with Crippen LogP contribution in [-0.2, 0) is 17.8 Å². The van der Waals surface area contributed by atoms with Gasteiger partial charge in [-0.1, -0.05) is 0 Å². The fourth-order valence-electron chi connectivity index (χ4n) is 3.57. The van der Waals surface area contributed by atoms with Crippen LogP contribution in [0.1, 0.15) is 21.7 Å². The molecule has 148 valence electrons. The molecular formula is C20H19FN6O2. The van der Waals surface area contributed by atoms with Crippen molar-refractivity contribution in [3.05, 3.63) is 59.3 Å². The maximum atomic E-state index is 13.1. The van der Waals surface area contributed by atoms with Crippen LogP contribution >= 0.6 is 0 Å². The van der Waals surface area contributed by atoms with Crippen LogP contribution in [0.4, 0.5) is 10.3 Å². The number of amides is 1. The molecule has 0 atom stereocenters. The molecule has 9 heteroatoms. The summed E-state index contributed by atoms with van der Waals surface area (Å²) in [6.45, 7) is 3.76. The molecule has 1 saturated heterocycles. The van der Waals surface area contributed by atoms with Crippen molar-refractivity contribution in [1.29, 1.82) is 0 Å². The van der Waals surface area contributed by atoms with Gasteiger partial charge in [0.15, 0.2) is 0 Å². The molecule has 3 aromatic rings. The summed E-state index contributed by atoms with van der Waals surface area (Å²) in [6.07, 6.45) is 1.80. The Morgan fingerprint density at radius 3 is 2.72 bits per heavy atom. The molecular weight excluding hydrogens is 375 g/mol. The molecule has 0 aliphatic carbocycles. The summed E-state index contributed by atoms with van der Waals surface area (Å²) >= 11 is 0. The number of fused-ring (bicyclic) bond motifs is 1. The minimum absolute atomic E-state index is 0.156. The van der Waals surface area contributed by atoms with E-state index in [1.165, 1.54) is 12.1 Å². The summed E-state index contributed by atoms with van der Waals surface area (Å²) in [7, 11) is 0. The standard InChI is InChI=1S/C20H19FN6O2/c21-15-3-1-13(2-4-15)16-9-17(25-24-16)19(28)27-11-14-10-22-20(23-18(14)12-27)26-5-7-29-8-6-26/h1-4,9-10H,5-8,11-12H2,(H,24,25). The Morgan fingerprint density at radius 1 is 1.14 bits per heavy atom. The third-order valence-electron chi connectivity index (χ3n) is 5.17. The SMILES string of the molecule is O=C(c1cc(-c2ccc(F)cc2)n[nH]1)N1Cc2cnc(N3CCOCC3)nc2C1. The molecule has 1 amide bonds. The van der Waals surface area contributed by atoms with E-state index in [4.69, 9.17) is 4.74 Å². The van der Waals surface area contributed by atoms with E-state index in [1.807, 2.05) is 0 Å². The van der Waals surface area contributed by atoms with Crippen molar-refractivity contribution >= 4 is 11.9 Å². The second-order valence-corrected chi connectivity index (χ2v) is 7.08. The van der Waals surface area contributed by atoms with E-state index in [-0.39, 0.29) is 11.7 Å². The molecule has 0 unspecified atom stereocenters. The van der Waals surface area contributed by atoms with Crippen molar-refractivity contribution in [1.82, 2.24) is 25.1 Å². The number of morpholine rings is 1. The molecule has 1 aromatic carbocycles. The average molecular weight is 394 g/mol. The lowest BCUT2D eigenvalue weighted by molar-refractivity contribution is 0.0744. The van der Waals surface area contributed by atoms with Crippen LogP contribution in [-0.4, -0.2) is 57.3 Å². The minimum atomic E-state index is -0.312. The number of hydrogen-bond donors (Lipinski definition) is 1. The molecule has 8 nitrogen and oxygen atoms in total. The van der Waals surface area contributed by atoms with Gasteiger partial charge in [-0.3, -0.25) is 9.89 Å². The monoisotopic (exact) mass is 394 g/mol. The Bertz CT molecular complexity index is 1050. The van der Waals surface area contributed by atoms with Crippen LogP contribution in [0.25, 0.3) is 11.3 Å². The minimum Gasteiger partial charge on any atom is -0.378 e. The molecule has 5 rings (SSSR count). The largest absolute Gasteiger partial charge is 0.378 e. The van der Waals surface area contributed by atoms with Gasteiger partial charge in [-0.25, -0.2) is 14.4 Å². The highest BCUT2D eigenvalue weighted by molar-refractivity contribution is 5.93. The highest BCUT2D eigenvalue weighted by Crippen LogP contribution is 2.25. The summed E-state index contributed by atoms with van der Waals surface area (Å²) in [5.41, 5.74) is 3.55. The molecule has 2 aliphatic heterocycles. The molecule has 1 fully saturated rings. The van der Waals surface area contributed by atoms with Crippen molar-refractivity contribution in [2.45, 2.75) is 13.1 Å². The second-order valence-electron chi connectivity index (χ2n) is 7.08. The molecule has 29 heavy (non-hydrogen) atoms. The van der Waals surface area contributed by atoms with E-state index >= 15 is 0 Å². The van der Waals surface area contributed by atoms with Gasteiger partial charge in [-0.05, 0) is 30.3 Å². The lowest BCUT2D eigenvalue weighted by Crippen LogP contribution is -2.37. The molecule has 1 N–H and O–H groups in total. The molecule has 0 spiro atoms. The average Bonchev–Trinajstić information content (AvgIpc) is 3.41. The molecule has 0 bridgehead atoms. The molecule has 2 aromatic heterocycles. The summed E-state index contributed by atoms with van der Waals surface area (Å²) in [5, 5.41) is 6.98. The number of hydrogen-bond acceptors (Lipinski definition) is 6. The molecule has 0 saturated carbocycles. The first kappa shape index (κ1) is 17.7. The number of aromatic nitrogens is 4. The summed E-state index contributed by atoms with van der Waals surface area (Å²) in [5.74, 6) is 0.214. The van der Waals surface area contributed by atoms with Gasteiger partial charge in [0.25, 0.3) is 5.91 Å². The molecule has 2 aliphatic rings. The van der Waals surface area contributed by atoms with Gasteiger partial charge in [-0.2, -0.15) is 5.10 Å². The number of halogens is 1. The Morgan fingerprint density at radius 2 is 1.93 bits per heavy atom. The maximum absolute atomic E-state index is 13.1. The fourth-order valence-corrected chi connectivity index (χ4v) is 3.57. The van der Waals surface area contributed by atoms with Gasteiger partial charge in [0.05, 0.1) is 31.1 Å². The van der Waals surface area contributed by atoms with Gasteiger partial charge in [0.1, 0.15) is 11.5 Å². The van der Waals surface area contributed by atoms with E-state index in [0.717, 1.165) is 29.9 Å². The highest BCUT2D eigenvalue weighted by atomic mass is 19.1. The van der Waals surface area contributed by atoms with Gasteiger partial charge < -0.3 is 14.5 Å². The predicted molar refractivity (Wildman–Crippen MR) is 103 cm³/mol. The Labute approximate surface area is 166 Å². The van der Waals surface area contributed by atoms with Crippen LogP contribution < -0.4 is 4.90 Å². The van der Waals surface area contributed by atoms with E-state index in [0.29, 0.717) is 43.6 Å². The quantitative estimate of drug-likeness (QED) is 0.731. The van der Waals surface area contributed by atoms with Crippen LogP contribution in [0.2, 0.25) is 0 Å². The Hall–Kier alpha value is -3.33. The van der Waals surface area contributed by atoms with Crippen LogP contribution in [0.3, 0.4) is 0 Å². The lowest BCUT2D eigenvalue weighted by Gasteiger charge is -2.26. The normalized spacial score (nSPS) is 16.2. The maximum Gasteiger partial charge on any atom is 0.272 e. The third-order valence-corrected chi connectivity index (χ3v) is 5.17. The number of carbonyl (C=O) groups excluding carboxylic acids is 1. The topological polar surface area (TPSA) is 87.2 Å². The van der Waals surface area contributed by atoms with E-state index < -0.39 is 0 Å². The number of rotatable bonds is 3. The number of nitrogens with one attached hydrogen (secondary N) is 1. The van der Waals surface area contributed by atoms with Crippen molar-refractivity contribution in [3.63, 3.8) is 0 Å². The van der Waals surface area contributed by atoms with E-state index in [1.54, 1.807) is 29.3 Å². The Balaban J connectivity index is 1.31. The number of anilines is 1. The zero-order chi connectivity index (χ0) is 19.8. The number of aromatic amines is 1. The van der Waals surface area contributed by atoms with E-state index in [2.05, 4.69) is 25.1 Å². The first-order chi connectivity index (χ1) is 14.2. The number of carbonyl (C=O) groups is 1. The van der Waals surface area contributed by atoms with Crippen LogP contribution in [0, 0.1) is 5.82 Å². The number of benzene rings is 1. The summed E-state index contributed by atoms with van der Waals surface area (Å²) < 4.78 is 18.5. The van der Waals surface area contributed by atoms with Crippen molar-refractivity contribution in [2.75, 3.05) is 31.2 Å². The Kier molecular flexibility index (Phi) is 4.44. The van der Waals surface area contributed by atoms with Crippen molar-refractivity contribution in [3.8, 4) is 11.3 Å². The highest BCUT2D eigenvalue weighted by Gasteiger charge is 2.28. The second kappa shape index (κ2) is 7.25. The lowest BCUT2D eigenvalue weighted by atomic mass is 10.1. The van der Waals surface area contributed by atoms with Gasteiger partial charge in [-0.15, -0.1) is 0 Å². The number of nitrogens with zero attached hydrogens (tertiary/aromatic N) is 5. The zero-order valence-electron chi connectivity index (χ0n) is 15.6. The summed E-state index contributed by atoms with van der Waals surface area (Å²) in [4.78, 5) is 25.9. The smallest absolute Gasteiger partial charge is 0.272 e. The molecule has 0 radical (unpaired) electrons. The van der Waals surface area contributed by atoms with E-state index in [9.17, 15) is 9.18 Å². The molecule has 4 heterocycles. The van der Waals surface area contributed by atoms with Crippen LogP contribution in [0.5, 0.6) is 0 Å². The van der Waals surface area contributed by atoms with Crippen molar-refractivity contribution in [2.24, 2.45) is 0 Å². The first-order valence-corrected chi connectivity index (χ1v) is 9.45. The van der Waals surface area contributed by atoms with Gasteiger partial charge in [0, 0.05) is 37.0 Å². The zero-order valence-corrected chi connectivity index (χ0v) is 15.6.